The molecule has 132 heavy (non-hydrogen) atoms. The van der Waals surface area contributed by atoms with Crippen LogP contribution in [-0.4, -0.2) is 166 Å². The highest BCUT2D eigenvalue weighted by molar-refractivity contribution is 7.88. The van der Waals surface area contributed by atoms with E-state index in [4.69, 9.17) is 74.4 Å². The van der Waals surface area contributed by atoms with E-state index >= 15 is 0 Å². The highest BCUT2D eigenvalue weighted by atomic mass is 35.5. The molecule has 4 aliphatic rings. The lowest BCUT2D eigenvalue weighted by molar-refractivity contribution is -0.137. The topological polar surface area (TPSA) is 369 Å². The lowest BCUT2D eigenvalue weighted by Gasteiger charge is -2.30. The molecule has 0 radical (unpaired) electrons. The second kappa shape index (κ2) is 40.2. The molecule has 2 aliphatic carbocycles. The summed E-state index contributed by atoms with van der Waals surface area (Å²) in [5.74, 6) is 8.92. The second-order valence-electron chi connectivity index (χ2n) is 33.0. The molecule has 0 unspecified atom stereocenters. The highest BCUT2D eigenvalue weighted by Gasteiger charge is 2.37. The van der Waals surface area contributed by atoms with Gasteiger partial charge in [0.25, 0.3) is 0 Å². The summed E-state index contributed by atoms with van der Waals surface area (Å²) < 4.78 is 73.2. The Bertz CT molecular complexity index is 6780. The maximum absolute atomic E-state index is 13.9. The Kier molecular flexibility index (Phi) is 27.6. The van der Waals surface area contributed by atoms with Gasteiger partial charge in [0.15, 0.2) is 46.6 Å². The number of anilines is 10. The number of carbonyl (C=O) groups is 1. The third-order valence-electron chi connectivity index (χ3n) is 24.0. The monoisotopic (exact) mass is 1860 g/mol. The number of piperazine rings is 1. The van der Waals surface area contributed by atoms with E-state index in [1.807, 2.05) is 198 Å². The molecule has 16 aromatic rings. The standard InChI is InChI=1S/C27H27F3N6O.C25H27ClN6O2S.C22H22ClN7.C22H21ClN6O/c1-15-23(17-11-13-18(14-12-17)31-16(2)37)32-25(19-7-3-5-9-21(19)27(28,29)30)33-24(15)34-26-20-8-4-6-10-22(20)35-36-26;1-15-22(16-11-13-17(14-12-16)32-35(2,33)34)27-24(18-7-3-5-9-20(18)26)28-23(15)29-25-19-8-4-6-10-21(19)30-31-25;1-14-19(26-21-16-7-3-5-9-18(16)28-29-21)25-20(15-6-2-4-8-17(15)23)27-22(14)30-12-10-24-11-13-30;1-14-19(25-21-16-7-3-5-9-18(16)27-28-21)24-20(15-6-2-4-8-17(15)23)26-22(14)29-10-12-30-13-11-29/h3-10,17-18H,11-14H2,1-2H3,(H,31,37)(H2,32,33,34,35,36);3-10,16-17,32H,11-14H2,1-2H3,(H2,27,28,29,30,31);2-9,24H,10-13H2,1H3,(H2,25,26,27,28,29);2-9H,10-13H2,1H3,(H2,24,25,26,27,28). The van der Waals surface area contributed by atoms with Crippen LogP contribution < -0.4 is 46.4 Å². The third-order valence-corrected chi connectivity index (χ3v) is 25.7. The highest BCUT2D eigenvalue weighted by Crippen LogP contribution is 2.44. The van der Waals surface area contributed by atoms with E-state index in [0.717, 1.165) is 214 Å². The van der Waals surface area contributed by atoms with E-state index < -0.39 is 21.8 Å². The van der Waals surface area contributed by atoms with Gasteiger partial charge in [0.05, 0.1) is 73.6 Å². The summed E-state index contributed by atoms with van der Waals surface area (Å²) in [5.41, 5.74) is 10.5. The predicted octanol–water partition coefficient (Wildman–Crippen LogP) is 20.3. The number of hydrogen-bond donors (Lipinski definition) is 11. The van der Waals surface area contributed by atoms with Crippen LogP contribution in [0.3, 0.4) is 0 Å². The number of H-pyrrole nitrogens is 4. The number of para-hydroxylation sites is 4. The van der Waals surface area contributed by atoms with Crippen LogP contribution in [0.25, 0.3) is 89.2 Å². The fourth-order valence-corrected chi connectivity index (χ4v) is 18.7. The molecule has 2 saturated heterocycles. The minimum absolute atomic E-state index is 0.0138. The number of morpholine rings is 1. The molecular formula is C96H97Cl3F3N25O4S. The van der Waals surface area contributed by atoms with Crippen molar-refractivity contribution >= 4 is 153 Å². The summed E-state index contributed by atoms with van der Waals surface area (Å²) in [6, 6.07) is 59.7. The number of ether oxygens (including phenoxy) is 1. The van der Waals surface area contributed by atoms with Gasteiger partial charge < -0.3 is 46.4 Å². The van der Waals surface area contributed by atoms with Gasteiger partial charge >= 0.3 is 6.18 Å². The van der Waals surface area contributed by atoms with Crippen molar-refractivity contribution in [3.63, 3.8) is 0 Å². The second-order valence-corrected chi connectivity index (χ2v) is 36.0. The molecule has 0 bridgehead atoms. The zero-order chi connectivity index (χ0) is 91.7. The van der Waals surface area contributed by atoms with Crippen LogP contribution in [0.15, 0.2) is 194 Å². The molecule has 29 nitrogen and oxygen atoms in total. The summed E-state index contributed by atoms with van der Waals surface area (Å²) in [7, 11) is -3.23. The first-order chi connectivity index (χ1) is 63.9. The quantitative estimate of drug-likeness (QED) is 0.0358. The number of fused-ring (bicyclic) bond motifs is 4. The van der Waals surface area contributed by atoms with E-state index in [-0.39, 0.29) is 41.2 Å². The molecule has 10 heterocycles. The van der Waals surface area contributed by atoms with E-state index in [0.29, 0.717) is 80.5 Å². The van der Waals surface area contributed by atoms with Crippen LogP contribution >= 0.6 is 34.8 Å². The van der Waals surface area contributed by atoms with Crippen molar-refractivity contribution in [2.24, 2.45) is 0 Å². The first kappa shape index (κ1) is 90.6. The number of nitrogens with zero attached hydrogens (tertiary/aromatic N) is 14. The van der Waals surface area contributed by atoms with Crippen molar-refractivity contribution in [1.29, 1.82) is 0 Å². The molecule has 8 aromatic heterocycles. The number of carbonyl (C=O) groups excluding carboxylic acids is 1. The minimum Gasteiger partial charge on any atom is -0.378 e. The summed E-state index contributed by atoms with van der Waals surface area (Å²) in [6.45, 7) is 16.0. The van der Waals surface area contributed by atoms with Gasteiger partial charge in [0.1, 0.15) is 34.9 Å². The lowest BCUT2D eigenvalue weighted by Crippen LogP contribution is -2.44. The van der Waals surface area contributed by atoms with E-state index in [2.05, 4.69) is 92.2 Å². The molecule has 678 valence electrons. The van der Waals surface area contributed by atoms with Crippen LogP contribution in [0.4, 0.5) is 71.3 Å². The zero-order valence-electron chi connectivity index (χ0n) is 73.2. The Morgan fingerprint density at radius 1 is 0.402 bits per heavy atom. The number of aromatic nitrogens is 16. The van der Waals surface area contributed by atoms with Gasteiger partial charge in [-0.3, -0.25) is 25.2 Å². The fourth-order valence-electron chi connectivity index (χ4n) is 17.2. The van der Waals surface area contributed by atoms with Gasteiger partial charge in [-0.1, -0.05) is 138 Å². The van der Waals surface area contributed by atoms with Crippen molar-refractivity contribution in [2.75, 3.05) is 89.8 Å². The molecule has 8 aromatic carbocycles. The summed E-state index contributed by atoms with van der Waals surface area (Å²) in [6.07, 6.45) is 2.90. The molecule has 1 amide bonds. The summed E-state index contributed by atoms with van der Waals surface area (Å²) >= 11 is 19.4. The number of sulfonamides is 1. The lowest BCUT2D eigenvalue weighted by atomic mass is 9.82. The Hall–Kier alpha value is -13.3. The number of nitrogens with one attached hydrogen (secondary N) is 11. The van der Waals surface area contributed by atoms with Crippen molar-refractivity contribution in [3.8, 4) is 45.6 Å². The number of amides is 1. The van der Waals surface area contributed by atoms with E-state index in [9.17, 15) is 26.4 Å². The molecule has 0 atom stereocenters. The number of rotatable bonds is 19. The van der Waals surface area contributed by atoms with Crippen LogP contribution in [0.1, 0.15) is 109 Å². The van der Waals surface area contributed by atoms with Gasteiger partial charge in [-0.05, 0) is 170 Å². The SMILES string of the molecule is CC(=O)NC1CCC(c2nc(-c3ccccc3C(F)(F)F)nc(Nc3n[nH]c4ccccc34)c2C)CC1.Cc1c(Nc2n[nH]c3ccccc23)nc(-c2ccccc2Cl)nc1C1CCC(NS(C)(=O)=O)CC1.Cc1c(Nc2n[nH]c3ccccc23)nc(-c2ccccc2Cl)nc1N1CCNCC1.Cc1c(Nc2n[nH]c3ccccc23)nc(-c2ccccc2Cl)nc1N1CCOCC1. The number of halogens is 6. The molecule has 2 saturated carbocycles. The van der Waals surface area contributed by atoms with E-state index in [1.165, 1.54) is 25.3 Å². The van der Waals surface area contributed by atoms with Crippen LogP contribution in [-0.2, 0) is 25.7 Å². The Balaban J connectivity index is 0.000000123. The molecular weight excluding hydrogens is 1760 g/mol. The maximum Gasteiger partial charge on any atom is 0.417 e. The van der Waals surface area contributed by atoms with Crippen molar-refractivity contribution in [2.45, 2.75) is 116 Å². The minimum atomic E-state index is -4.55. The molecule has 4 fully saturated rings. The normalized spacial score (nSPS) is 16.5. The average Bonchev–Trinajstić information content (AvgIpc) is 1.19. The predicted molar refractivity (Wildman–Crippen MR) is 516 cm³/mol. The zero-order valence-corrected chi connectivity index (χ0v) is 76.3. The van der Waals surface area contributed by atoms with Gasteiger partial charge in [-0.15, -0.1) is 0 Å². The first-order valence-corrected chi connectivity index (χ1v) is 46.7. The summed E-state index contributed by atoms with van der Waals surface area (Å²) in [4.78, 5) is 54.6. The smallest absolute Gasteiger partial charge is 0.378 e. The summed E-state index contributed by atoms with van der Waals surface area (Å²) in [5, 5.41) is 55.3. The molecule has 2 aliphatic heterocycles. The Labute approximate surface area is 774 Å². The number of hydrogen-bond acceptors (Lipinski definition) is 23. The number of benzene rings is 8. The molecule has 20 rings (SSSR count). The van der Waals surface area contributed by atoms with Gasteiger partial charge in [-0.25, -0.2) is 53.0 Å². The van der Waals surface area contributed by atoms with Gasteiger partial charge in [-0.2, -0.15) is 33.6 Å². The van der Waals surface area contributed by atoms with Gasteiger partial charge in [0.2, 0.25) is 15.9 Å². The Morgan fingerprint density at radius 2 is 0.720 bits per heavy atom. The fraction of sp³-hybridized carbons (Fsp3) is 0.281. The van der Waals surface area contributed by atoms with Crippen LogP contribution in [0, 0.1) is 27.7 Å². The largest absolute Gasteiger partial charge is 0.417 e. The molecule has 0 spiro atoms. The van der Waals surface area contributed by atoms with Crippen molar-refractivity contribution < 1.29 is 31.1 Å². The van der Waals surface area contributed by atoms with Crippen LogP contribution in [0.2, 0.25) is 15.1 Å². The van der Waals surface area contributed by atoms with Crippen molar-refractivity contribution in [1.82, 2.24) is 96.0 Å². The van der Waals surface area contributed by atoms with Crippen LogP contribution in [0.5, 0.6) is 0 Å². The van der Waals surface area contributed by atoms with Crippen molar-refractivity contribution in [3.05, 3.63) is 248 Å². The number of alkyl halides is 3. The van der Waals surface area contributed by atoms with Gasteiger partial charge in [0, 0.05) is 136 Å². The average molecular weight is 1860 g/mol. The third kappa shape index (κ3) is 20.9. The number of aromatic amines is 4. The first-order valence-electron chi connectivity index (χ1n) is 43.7. The molecule has 36 heteroatoms. The maximum atomic E-state index is 13.9. The van der Waals surface area contributed by atoms with E-state index in [1.54, 1.807) is 6.07 Å². The molecule has 11 N–H and O–H groups in total. The Morgan fingerprint density at radius 3 is 1.08 bits per heavy atom.